The Morgan fingerprint density at radius 2 is 0.937 bits per heavy atom. The highest BCUT2D eigenvalue weighted by Crippen LogP contribution is 2.51. The first-order valence-corrected chi connectivity index (χ1v) is 27.4. The van der Waals surface area contributed by atoms with Crippen LogP contribution in [-0.2, 0) is 55.6 Å². The summed E-state index contributed by atoms with van der Waals surface area (Å²) in [5.41, 5.74) is 0. The molecule has 1 fully saturated rings. The van der Waals surface area contributed by atoms with Gasteiger partial charge in [-0.1, -0.05) is 129 Å². The number of rotatable bonds is 41. The molecule has 1 saturated carbocycles. The average molecular weight is 973 g/mol. The molecular weight excluding hydrogens is 893 g/mol. The molecule has 374 valence electrons. The van der Waals surface area contributed by atoms with Crippen molar-refractivity contribution in [2.24, 2.45) is 0 Å². The second-order valence-corrected chi connectivity index (χ2v) is 20.1. The molecule has 0 aromatic rings. The summed E-state index contributed by atoms with van der Waals surface area (Å²) >= 11 is 0. The average Bonchev–Trinajstić information content (AvgIpc) is 3.20. The van der Waals surface area contributed by atoms with E-state index in [4.69, 9.17) is 23.3 Å². The molecule has 1 aliphatic rings. The lowest BCUT2D eigenvalue weighted by Crippen LogP contribution is -2.65. The van der Waals surface area contributed by atoms with Gasteiger partial charge in [0, 0.05) is 25.9 Å². The number of hydrogen-bond acceptors (Lipinski definition) is 15. The molecule has 0 saturated heterocycles. The van der Waals surface area contributed by atoms with Gasteiger partial charge in [0.15, 0.2) is 0 Å². The standard InChI is InChI=1S/C40H79O20P3/c1-3-5-6-7-8-9-10-11-12-13-17-20-23-27-34(42)57-33(29-55-31-54-28-24-21-18-15-14-16-19-22-26-32(41)25-4-2)30-56-63(52,53)60-38-35(43)36(44)39(58-61(46,47)48)40(37(38)45)59-62(49,50)51/h33,35-40,43-45H,3-31H2,1-2H3,(H,52,53)(H2,46,47,48)(H2,49,50,51)/t33-,35+,36-,37?,38?,39?,40+/m1/s1. The van der Waals surface area contributed by atoms with Crippen LogP contribution in [0.2, 0.25) is 0 Å². The third-order valence-electron chi connectivity index (χ3n) is 10.5. The van der Waals surface area contributed by atoms with Crippen LogP contribution in [0.5, 0.6) is 0 Å². The predicted molar refractivity (Wildman–Crippen MR) is 231 cm³/mol. The summed E-state index contributed by atoms with van der Waals surface area (Å²) < 4.78 is 71.2. The number of carbonyl (C=O) groups excluding carboxylic acids is 2. The molecule has 0 aromatic carbocycles. The smallest absolute Gasteiger partial charge is 0.457 e. The molecule has 0 amide bonds. The van der Waals surface area contributed by atoms with Crippen LogP contribution in [0.15, 0.2) is 0 Å². The molecule has 23 heteroatoms. The van der Waals surface area contributed by atoms with Crippen LogP contribution in [0.25, 0.3) is 0 Å². The summed E-state index contributed by atoms with van der Waals surface area (Å²) in [7, 11) is -16.5. The maximum atomic E-state index is 13.1. The van der Waals surface area contributed by atoms with Crippen molar-refractivity contribution in [1.82, 2.24) is 0 Å². The monoisotopic (exact) mass is 972 g/mol. The number of aliphatic hydroxyl groups is 3. The Labute approximate surface area is 373 Å². The summed E-state index contributed by atoms with van der Waals surface area (Å²) in [6, 6.07) is 0. The Balaban J connectivity index is 2.68. The zero-order valence-electron chi connectivity index (χ0n) is 37.4. The minimum Gasteiger partial charge on any atom is -0.457 e. The highest BCUT2D eigenvalue weighted by Gasteiger charge is 2.56. The van der Waals surface area contributed by atoms with E-state index in [0.29, 0.717) is 31.7 Å². The molecule has 1 rings (SSSR count). The maximum Gasteiger partial charge on any atom is 0.472 e. The molecule has 63 heavy (non-hydrogen) atoms. The molecule has 8 N–H and O–H groups in total. The van der Waals surface area contributed by atoms with E-state index in [1.807, 2.05) is 6.92 Å². The van der Waals surface area contributed by atoms with Crippen molar-refractivity contribution in [3.8, 4) is 0 Å². The second-order valence-electron chi connectivity index (χ2n) is 16.3. The van der Waals surface area contributed by atoms with Crippen molar-refractivity contribution < 1.29 is 95.4 Å². The van der Waals surface area contributed by atoms with E-state index in [1.165, 1.54) is 51.4 Å². The number of ketones is 1. The van der Waals surface area contributed by atoms with Crippen LogP contribution in [0.3, 0.4) is 0 Å². The van der Waals surface area contributed by atoms with E-state index in [2.05, 4.69) is 16.0 Å². The summed E-state index contributed by atoms with van der Waals surface area (Å²) in [4.78, 5) is 72.0. The topological polar surface area (TPSA) is 312 Å². The van der Waals surface area contributed by atoms with E-state index in [9.17, 15) is 63.1 Å². The number of phosphoric acid groups is 3. The Bertz CT molecular complexity index is 1350. The van der Waals surface area contributed by atoms with E-state index < -0.39 is 78.8 Å². The lowest BCUT2D eigenvalue weighted by atomic mass is 9.85. The van der Waals surface area contributed by atoms with Gasteiger partial charge in [-0.15, -0.1) is 0 Å². The molecule has 20 nitrogen and oxygen atoms in total. The minimum atomic E-state index is -5.58. The van der Waals surface area contributed by atoms with Gasteiger partial charge < -0.3 is 54.0 Å². The fourth-order valence-electron chi connectivity index (χ4n) is 7.15. The third-order valence-corrected chi connectivity index (χ3v) is 12.5. The van der Waals surface area contributed by atoms with E-state index in [1.54, 1.807) is 0 Å². The predicted octanol–water partition coefficient (Wildman–Crippen LogP) is 6.80. The van der Waals surface area contributed by atoms with Crippen LogP contribution < -0.4 is 0 Å². The van der Waals surface area contributed by atoms with Gasteiger partial charge in [-0.05, 0) is 25.7 Å². The third kappa shape index (κ3) is 31.0. The normalized spacial score (nSPS) is 22.2. The van der Waals surface area contributed by atoms with Crippen molar-refractivity contribution in [1.29, 1.82) is 0 Å². The molecule has 0 radical (unpaired) electrons. The molecule has 0 heterocycles. The number of esters is 1. The molecule has 4 unspecified atom stereocenters. The Morgan fingerprint density at radius 3 is 1.43 bits per heavy atom. The van der Waals surface area contributed by atoms with Crippen LogP contribution in [-0.4, -0.2) is 121 Å². The first-order valence-electron chi connectivity index (χ1n) is 22.8. The van der Waals surface area contributed by atoms with Gasteiger partial charge in [-0.25, -0.2) is 13.7 Å². The highest BCUT2D eigenvalue weighted by molar-refractivity contribution is 7.47. The van der Waals surface area contributed by atoms with Crippen molar-refractivity contribution in [3.05, 3.63) is 0 Å². The Hall–Kier alpha value is -0.730. The lowest BCUT2D eigenvalue weighted by molar-refractivity contribution is -0.213. The molecule has 0 aliphatic heterocycles. The van der Waals surface area contributed by atoms with Gasteiger partial charge in [0.1, 0.15) is 55.3 Å². The van der Waals surface area contributed by atoms with E-state index >= 15 is 0 Å². The number of ether oxygens (including phenoxy) is 3. The fourth-order valence-corrected chi connectivity index (χ4v) is 9.25. The van der Waals surface area contributed by atoms with Crippen LogP contribution in [0, 0.1) is 0 Å². The van der Waals surface area contributed by atoms with Gasteiger partial charge in [0.05, 0.1) is 13.2 Å². The number of Topliss-reactive ketones (excluding diaryl/α,β-unsaturated/α-hetero) is 1. The minimum absolute atomic E-state index is 0.0494. The second kappa shape index (κ2) is 34.5. The summed E-state index contributed by atoms with van der Waals surface area (Å²) in [6.45, 7) is 3.24. The molecule has 8 atom stereocenters. The van der Waals surface area contributed by atoms with Gasteiger partial charge in [-0.2, -0.15) is 0 Å². The lowest BCUT2D eigenvalue weighted by Gasteiger charge is -2.44. The summed E-state index contributed by atoms with van der Waals surface area (Å²) in [6.07, 6.45) is 8.68. The van der Waals surface area contributed by atoms with Crippen LogP contribution in [0.1, 0.15) is 174 Å². The van der Waals surface area contributed by atoms with Crippen molar-refractivity contribution in [3.63, 3.8) is 0 Å². The Kier molecular flexibility index (Phi) is 33.1. The Morgan fingerprint density at radius 1 is 0.492 bits per heavy atom. The van der Waals surface area contributed by atoms with Crippen molar-refractivity contribution in [2.45, 2.75) is 217 Å². The van der Waals surface area contributed by atoms with Gasteiger partial charge in [0.2, 0.25) is 0 Å². The largest absolute Gasteiger partial charge is 0.472 e. The number of phosphoric ester groups is 3. The first-order chi connectivity index (χ1) is 29.8. The zero-order chi connectivity index (χ0) is 47.2. The highest BCUT2D eigenvalue weighted by atomic mass is 31.2. The summed E-state index contributed by atoms with van der Waals surface area (Å²) in [5.74, 6) is -0.300. The van der Waals surface area contributed by atoms with E-state index in [-0.39, 0.29) is 19.8 Å². The maximum absolute atomic E-state index is 13.1. The van der Waals surface area contributed by atoms with Gasteiger partial charge in [-0.3, -0.25) is 27.7 Å². The molecule has 0 aromatic heterocycles. The van der Waals surface area contributed by atoms with Gasteiger partial charge >= 0.3 is 29.4 Å². The zero-order valence-corrected chi connectivity index (χ0v) is 40.0. The molecule has 0 bridgehead atoms. The number of carbonyl (C=O) groups is 2. The molecule has 1 aliphatic carbocycles. The first kappa shape index (κ1) is 60.3. The summed E-state index contributed by atoms with van der Waals surface area (Å²) in [5, 5.41) is 31.8. The number of aliphatic hydroxyl groups excluding tert-OH is 3. The van der Waals surface area contributed by atoms with Gasteiger partial charge in [0.25, 0.3) is 0 Å². The quantitative estimate of drug-likeness (QED) is 0.0135. The van der Waals surface area contributed by atoms with Crippen LogP contribution in [0.4, 0.5) is 0 Å². The van der Waals surface area contributed by atoms with Crippen LogP contribution >= 0.6 is 23.5 Å². The fraction of sp³-hybridized carbons (Fsp3) is 0.950. The molecule has 0 spiro atoms. The molecular formula is C40H79O20P3. The SMILES string of the molecule is CCCCCCCCCCCCCCCC(=O)O[C@H](COCOCCCCCCCCCCC(=O)CCC)COP(=O)(O)OC1C(O)[C@H](OP(=O)(O)O)C(OP(=O)(O)O)[C@H](O)[C@@H]1O. The number of hydrogen-bond donors (Lipinski definition) is 8. The van der Waals surface area contributed by atoms with Crippen molar-refractivity contribution >= 4 is 35.2 Å². The number of unbranched alkanes of at least 4 members (excludes halogenated alkanes) is 19. The van der Waals surface area contributed by atoms with E-state index in [0.717, 1.165) is 83.5 Å². The van der Waals surface area contributed by atoms with Crippen molar-refractivity contribution in [2.75, 3.05) is 26.6 Å².